The van der Waals surface area contributed by atoms with Crippen LogP contribution in [-0.2, 0) is 0 Å². The monoisotopic (exact) mass is 352 g/mol. The summed E-state index contributed by atoms with van der Waals surface area (Å²) in [5.41, 5.74) is 10.6. The van der Waals surface area contributed by atoms with E-state index < -0.39 is 0 Å². The van der Waals surface area contributed by atoms with Gasteiger partial charge in [0.15, 0.2) is 0 Å². The Hall–Kier alpha value is -3.13. The number of rotatable bonds is 3. The van der Waals surface area contributed by atoms with Crippen molar-refractivity contribution in [1.82, 2.24) is 9.78 Å². The van der Waals surface area contributed by atoms with Crippen molar-refractivity contribution in [1.29, 1.82) is 0 Å². The van der Waals surface area contributed by atoms with Gasteiger partial charge in [-0.2, -0.15) is 5.10 Å². The van der Waals surface area contributed by atoms with Crippen LogP contribution >= 0.6 is 0 Å². The Morgan fingerprint density at radius 1 is 0.556 bits per heavy atom. The summed E-state index contributed by atoms with van der Waals surface area (Å²) in [6, 6.07) is 25.8. The summed E-state index contributed by atoms with van der Waals surface area (Å²) in [6.07, 6.45) is 0. The third-order valence-corrected chi connectivity index (χ3v) is 5.05. The number of aromatic nitrogens is 2. The quantitative estimate of drug-likeness (QED) is 0.415. The van der Waals surface area contributed by atoms with Crippen LogP contribution in [0.3, 0.4) is 0 Å². The van der Waals surface area contributed by atoms with E-state index >= 15 is 0 Å². The predicted octanol–water partition coefficient (Wildman–Crippen LogP) is 6.44. The molecule has 4 aromatic rings. The zero-order valence-corrected chi connectivity index (χ0v) is 16.3. The maximum Gasteiger partial charge on any atom is 0.0963 e. The van der Waals surface area contributed by atoms with Gasteiger partial charge in [-0.3, -0.25) is 0 Å². The Bertz CT molecular complexity index is 1070. The molecule has 0 unspecified atom stereocenters. The molecule has 134 valence electrons. The molecule has 1 aromatic heterocycles. The highest BCUT2D eigenvalue weighted by Crippen LogP contribution is 2.34. The molecule has 0 aliphatic heterocycles. The van der Waals surface area contributed by atoms with E-state index in [1.54, 1.807) is 0 Å². The van der Waals surface area contributed by atoms with Crippen LogP contribution in [-0.4, -0.2) is 9.78 Å². The Morgan fingerprint density at radius 3 is 1.52 bits per heavy atom. The van der Waals surface area contributed by atoms with Gasteiger partial charge < -0.3 is 0 Å². The molecule has 0 bridgehead atoms. The van der Waals surface area contributed by atoms with E-state index in [2.05, 4.69) is 105 Å². The molecule has 0 saturated heterocycles. The topological polar surface area (TPSA) is 17.8 Å². The minimum absolute atomic E-state index is 1.03. The third kappa shape index (κ3) is 3.31. The predicted molar refractivity (Wildman–Crippen MR) is 113 cm³/mol. The Kier molecular flexibility index (Phi) is 4.41. The summed E-state index contributed by atoms with van der Waals surface area (Å²) in [5, 5.41) is 5.03. The average Bonchev–Trinajstić information content (AvgIpc) is 3.01. The standard InChI is InChI=1S/C25H24N2/c1-17-5-11-21(12-6-17)24-20(4)25(22-13-7-18(2)8-14-22)27(26-24)23-15-9-19(3)10-16-23/h5-16H,1-4H3. The first kappa shape index (κ1) is 17.3. The lowest BCUT2D eigenvalue weighted by Crippen LogP contribution is -1.99. The third-order valence-electron chi connectivity index (χ3n) is 5.05. The van der Waals surface area contributed by atoms with Crippen LogP contribution in [0.5, 0.6) is 0 Å². The molecule has 2 heteroatoms. The molecule has 3 aromatic carbocycles. The molecule has 0 saturated carbocycles. The first-order valence-corrected chi connectivity index (χ1v) is 9.33. The van der Waals surface area contributed by atoms with E-state index in [4.69, 9.17) is 5.10 Å². The van der Waals surface area contributed by atoms with Gasteiger partial charge in [0.1, 0.15) is 0 Å². The van der Waals surface area contributed by atoms with Gasteiger partial charge in [0.05, 0.1) is 17.1 Å². The normalized spacial score (nSPS) is 11.0. The van der Waals surface area contributed by atoms with Crippen molar-refractivity contribution < 1.29 is 0 Å². The molecule has 0 aliphatic carbocycles. The molecule has 1 heterocycles. The fourth-order valence-electron chi connectivity index (χ4n) is 3.40. The van der Waals surface area contributed by atoms with Crippen LogP contribution in [0.15, 0.2) is 72.8 Å². The smallest absolute Gasteiger partial charge is 0.0963 e. The lowest BCUT2D eigenvalue weighted by atomic mass is 10.0. The summed E-state index contributed by atoms with van der Waals surface area (Å²) in [5.74, 6) is 0. The van der Waals surface area contributed by atoms with E-state index in [1.165, 1.54) is 27.8 Å². The molecule has 2 nitrogen and oxygen atoms in total. The summed E-state index contributed by atoms with van der Waals surface area (Å²) in [7, 11) is 0. The van der Waals surface area contributed by atoms with Crippen molar-refractivity contribution in [2.24, 2.45) is 0 Å². The number of aryl methyl sites for hydroxylation is 3. The molecule has 0 radical (unpaired) electrons. The van der Waals surface area contributed by atoms with Crippen LogP contribution in [0.4, 0.5) is 0 Å². The first-order valence-electron chi connectivity index (χ1n) is 9.33. The van der Waals surface area contributed by atoms with E-state index in [0.717, 1.165) is 22.6 Å². The zero-order valence-electron chi connectivity index (χ0n) is 16.3. The maximum atomic E-state index is 5.03. The molecule has 0 spiro atoms. The molecule has 4 rings (SSSR count). The number of benzene rings is 3. The van der Waals surface area contributed by atoms with Gasteiger partial charge in [0.25, 0.3) is 0 Å². The number of hydrogen-bond donors (Lipinski definition) is 0. The summed E-state index contributed by atoms with van der Waals surface area (Å²) in [6.45, 7) is 8.50. The van der Waals surface area contributed by atoms with Crippen molar-refractivity contribution in [3.8, 4) is 28.2 Å². The van der Waals surface area contributed by atoms with Gasteiger partial charge in [0, 0.05) is 16.7 Å². The van der Waals surface area contributed by atoms with Gasteiger partial charge in [-0.1, -0.05) is 77.4 Å². The fourth-order valence-corrected chi connectivity index (χ4v) is 3.40. The second kappa shape index (κ2) is 6.88. The lowest BCUT2D eigenvalue weighted by molar-refractivity contribution is 0.891. The van der Waals surface area contributed by atoms with Crippen molar-refractivity contribution in [2.75, 3.05) is 0 Å². The minimum Gasteiger partial charge on any atom is -0.232 e. The highest BCUT2D eigenvalue weighted by atomic mass is 15.3. The van der Waals surface area contributed by atoms with Crippen LogP contribution in [0.2, 0.25) is 0 Å². The Morgan fingerprint density at radius 2 is 1.00 bits per heavy atom. The fraction of sp³-hybridized carbons (Fsp3) is 0.160. The van der Waals surface area contributed by atoms with Crippen LogP contribution in [0.1, 0.15) is 22.3 Å². The minimum atomic E-state index is 1.03. The number of nitrogens with zero attached hydrogens (tertiary/aromatic N) is 2. The Labute approximate surface area is 161 Å². The van der Waals surface area contributed by atoms with Gasteiger partial charge in [-0.05, 0) is 39.8 Å². The number of hydrogen-bond acceptors (Lipinski definition) is 1. The summed E-state index contributed by atoms with van der Waals surface area (Å²) >= 11 is 0. The molecule has 0 aliphatic rings. The van der Waals surface area contributed by atoms with E-state index in [9.17, 15) is 0 Å². The van der Waals surface area contributed by atoms with E-state index in [1.807, 2.05) is 0 Å². The SMILES string of the molecule is Cc1ccc(-c2nn(-c3ccc(C)cc3)c(-c3ccc(C)cc3)c2C)cc1. The van der Waals surface area contributed by atoms with Crippen molar-refractivity contribution in [3.63, 3.8) is 0 Å². The van der Waals surface area contributed by atoms with E-state index in [-0.39, 0.29) is 0 Å². The summed E-state index contributed by atoms with van der Waals surface area (Å²) < 4.78 is 2.08. The molecular weight excluding hydrogens is 328 g/mol. The van der Waals surface area contributed by atoms with Crippen molar-refractivity contribution in [3.05, 3.63) is 95.1 Å². The van der Waals surface area contributed by atoms with Crippen molar-refractivity contribution >= 4 is 0 Å². The van der Waals surface area contributed by atoms with Gasteiger partial charge in [-0.25, -0.2) is 4.68 Å². The molecule has 0 N–H and O–H groups in total. The maximum absolute atomic E-state index is 5.03. The van der Waals surface area contributed by atoms with Crippen LogP contribution < -0.4 is 0 Å². The molecule has 0 atom stereocenters. The second-order valence-electron chi connectivity index (χ2n) is 7.30. The lowest BCUT2D eigenvalue weighted by Gasteiger charge is -2.09. The molecule has 0 amide bonds. The van der Waals surface area contributed by atoms with Crippen molar-refractivity contribution in [2.45, 2.75) is 27.7 Å². The van der Waals surface area contributed by atoms with E-state index in [0.29, 0.717) is 0 Å². The zero-order chi connectivity index (χ0) is 19.0. The van der Waals surface area contributed by atoms with Gasteiger partial charge >= 0.3 is 0 Å². The molecular formula is C25H24N2. The molecule has 27 heavy (non-hydrogen) atoms. The van der Waals surface area contributed by atoms with Gasteiger partial charge in [0.2, 0.25) is 0 Å². The van der Waals surface area contributed by atoms with Crippen LogP contribution in [0, 0.1) is 27.7 Å². The van der Waals surface area contributed by atoms with Crippen LogP contribution in [0.25, 0.3) is 28.2 Å². The summed E-state index contributed by atoms with van der Waals surface area (Å²) in [4.78, 5) is 0. The van der Waals surface area contributed by atoms with Gasteiger partial charge in [-0.15, -0.1) is 0 Å². The highest BCUT2D eigenvalue weighted by Gasteiger charge is 2.18. The molecule has 0 fully saturated rings. The Balaban J connectivity index is 1.95. The largest absolute Gasteiger partial charge is 0.232 e. The second-order valence-corrected chi connectivity index (χ2v) is 7.30. The average molecular weight is 352 g/mol. The highest BCUT2D eigenvalue weighted by molar-refractivity contribution is 5.76. The first-order chi connectivity index (χ1) is 13.0.